The van der Waals surface area contributed by atoms with Gasteiger partial charge in [-0.1, -0.05) is 6.92 Å². The minimum atomic E-state index is -4.51. The summed E-state index contributed by atoms with van der Waals surface area (Å²) in [5.41, 5.74) is -1.12. The number of fused-ring (bicyclic) bond motifs is 2. The first-order valence-corrected chi connectivity index (χ1v) is 7.79. The van der Waals surface area contributed by atoms with Crippen molar-refractivity contribution in [2.45, 2.75) is 50.9 Å². The maximum absolute atomic E-state index is 12.7. The van der Waals surface area contributed by atoms with Gasteiger partial charge in [-0.3, -0.25) is 9.78 Å². The fourth-order valence-electron chi connectivity index (χ4n) is 4.10. The fraction of sp³-hybridized carbons (Fsp3) is 0.625. The molecule has 7 heteroatoms. The fourth-order valence-corrected chi connectivity index (χ4v) is 4.10. The van der Waals surface area contributed by atoms with E-state index < -0.39 is 11.9 Å². The highest BCUT2D eigenvalue weighted by Crippen LogP contribution is 2.51. The van der Waals surface area contributed by atoms with Crippen molar-refractivity contribution in [3.05, 3.63) is 29.6 Å². The molecule has 1 aromatic rings. The van der Waals surface area contributed by atoms with E-state index >= 15 is 0 Å². The Hall–Kier alpha value is -1.63. The van der Waals surface area contributed by atoms with E-state index in [9.17, 15) is 23.1 Å². The van der Waals surface area contributed by atoms with Crippen molar-refractivity contribution in [1.29, 1.82) is 0 Å². The molecule has 3 heterocycles. The number of hydrogen-bond donors (Lipinski definition) is 1. The van der Waals surface area contributed by atoms with Gasteiger partial charge >= 0.3 is 6.18 Å². The molecular weight excluding hydrogens is 309 g/mol. The van der Waals surface area contributed by atoms with Gasteiger partial charge in [-0.15, -0.1) is 0 Å². The van der Waals surface area contributed by atoms with Crippen LogP contribution in [0.4, 0.5) is 13.2 Å². The average Bonchev–Trinajstić information content (AvgIpc) is 3.09. The van der Waals surface area contributed by atoms with Crippen LogP contribution >= 0.6 is 0 Å². The predicted molar refractivity (Wildman–Crippen MR) is 76.6 cm³/mol. The van der Waals surface area contributed by atoms with Crippen molar-refractivity contribution in [1.82, 2.24) is 9.88 Å². The minimum Gasteiger partial charge on any atom is -0.396 e. The summed E-state index contributed by atoms with van der Waals surface area (Å²) in [7, 11) is 0. The Balaban J connectivity index is 1.84. The minimum absolute atomic E-state index is 0.0275. The summed E-state index contributed by atoms with van der Waals surface area (Å²) in [6.45, 7) is 2.03. The third-order valence-electron chi connectivity index (χ3n) is 5.41. The zero-order valence-corrected chi connectivity index (χ0v) is 12.8. The standard InChI is InChI=1S/C16H19F3N2O2/c1-2-15(9-22)7-11-4-6-13(15)21(11)14(23)10-3-5-12(20-8-10)16(17,18)19/h3,5,8,11,13,22H,2,4,6-7,9H2,1H3/t11-,13+,15-/m0/s1. The number of carbonyl (C=O) groups is 1. The Morgan fingerprint density at radius 1 is 1.43 bits per heavy atom. The van der Waals surface area contributed by atoms with E-state index in [1.54, 1.807) is 4.90 Å². The average molecular weight is 328 g/mol. The first-order chi connectivity index (χ1) is 10.8. The number of nitrogens with zero attached hydrogens (tertiary/aromatic N) is 2. The van der Waals surface area contributed by atoms with E-state index in [0.717, 1.165) is 37.9 Å². The molecule has 0 saturated carbocycles. The highest BCUT2D eigenvalue weighted by Gasteiger charge is 2.56. The van der Waals surface area contributed by atoms with Crippen LogP contribution in [0.3, 0.4) is 0 Å². The molecule has 23 heavy (non-hydrogen) atoms. The number of hydrogen-bond acceptors (Lipinski definition) is 3. The van der Waals surface area contributed by atoms with Gasteiger partial charge in [0.15, 0.2) is 0 Å². The molecule has 1 amide bonds. The van der Waals surface area contributed by atoms with Gasteiger partial charge in [0.1, 0.15) is 5.69 Å². The van der Waals surface area contributed by atoms with Crippen LogP contribution in [-0.4, -0.2) is 39.6 Å². The maximum Gasteiger partial charge on any atom is 0.433 e. The zero-order chi connectivity index (χ0) is 16.8. The Labute approximate surface area is 132 Å². The summed E-state index contributed by atoms with van der Waals surface area (Å²) in [4.78, 5) is 17.8. The van der Waals surface area contributed by atoms with Crippen LogP contribution in [0.15, 0.2) is 18.3 Å². The van der Waals surface area contributed by atoms with Gasteiger partial charge in [0.25, 0.3) is 5.91 Å². The lowest BCUT2D eigenvalue weighted by Crippen LogP contribution is -2.42. The Bertz CT molecular complexity index is 596. The van der Waals surface area contributed by atoms with E-state index in [0.29, 0.717) is 0 Å². The smallest absolute Gasteiger partial charge is 0.396 e. The Kier molecular flexibility index (Phi) is 3.86. The van der Waals surface area contributed by atoms with Crippen LogP contribution in [0.2, 0.25) is 0 Å². The van der Waals surface area contributed by atoms with E-state index in [4.69, 9.17) is 0 Å². The summed E-state index contributed by atoms with van der Waals surface area (Å²) < 4.78 is 37.7. The third-order valence-corrected chi connectivity index (χ3v) is 5.41. The molecule has 0 unspecified atom stereocenters. The maximum atomic E-state index is 12.7. The summed E-state index contributed by atoms with van der Waals surface area (Å²) in [5, 5.41) is 9.76. The number of aliphatic hydroxyl groups excluding tert-OH is 1. The van der Waals surface area contributed by atoms with Gasteiger partial charge in [-0.05, 0) is 37.8 Å². The Morgan fingerprint density at radius 2 is 2.17 bits per heavy atom. The molecule has 0 radical (unpaired) electrons. The lowest BCUT2D eigenvalue weighted by atomic mass is 9.72. The van der Waals surface area contributed by atoms with Crippen LogP contribution in [0.5, 0.6) is 0 Å². The third kappa shape index (κ3) is 2.51. The Morgan fingerprint density at radius 3 is 2.65 bits per heavy atom. The van der Waals surface area contributed by atoms with Crippen molar-refractivity contribution < 1.29 is 23.1 Å². The summed E-state index contributed by atoms with van der Waals surface area (Å²) in [5.74, 6) is -0.289. The van der Waals surface area contributed by atoms with Crippen LogP contribution in [0.1, 0.15) is 48.7 Å². The van der Waals surface area contributed by atoms with Gasteiger partial charge in [-0.25, -0.2) is 0 Å². The first kappa shape index (κ1) is 16.2. The molecule has 2 fully saturated rings. The summed E-state index contributed by atoms with van der Waals surface area (Å²) in [6, 6.07) is 2.03. The molecule has 4 nitrogen and oxygen atoms in total. The van der Waals surface area contributed by atoms with E-state index in [1.165, 1.54) is 6.07 Å². The number of pyridine rings is 1. The lowest BCUT2D eigenvalue weighted by molar-refractivity contribution is -0.141. The molecule has 2 aliphatic rings. The van der Waals surface area contributed by atoms with E-state index in [2.05, 4.69) is 4.98 Å². The molecular formula is C16H19F3N2O2. The molecule has 0 spiro atoms. The van der Waals surface area contributed by atoms with Crippen LogP contribution in [-0.2, 0) is 6.18 Å². The number of aliphatic hydroxyl groups is 1. The quantitative estimate of drug-likeness (QED) is 0.928. The second-order valence-corrected chi connectivity index (χ2v) is 6.47. The number of aromatic nitrogens is 1. The molecule has 3 rings (SSSR count). The largest absolute Gasteiger partial charge is 0.433 e. The van der Waals surface area contributed by atoms with Gasteiger partial charge in [0.2, 0.25) is 0 Å². The number of alkyl halides is 3. The molecule has 1 N–H and O–H groups in total. The van der Waals surface area contributed by atoms with Gasteiger partial charge < -0.3 is 10.0 Å². The molecule has 2 bridgehead atoms. The summed E-state index contributed by atoms with van der Waals surface area (Å²) >= 11 is 0. The molecule has 0 aromatic carbocycles. The summed E-state index contributed by atoms with van der Waals surface area (Å²) in [6.07, 6.45) is -0.271. The van der Waals surface area contributed by atoms with Crippen LogP contribution in [0, 0.1) is 5.41 Å². The van der Waals surface area contributed by atoms with Gasteiger partial charge in [-0.2, -0.15) is 13.2 Å². The van der Waals surface area contributed by atoms with Crippen LogP contribution in [0.25, 0.3) is 0 Å². The van der Waals surface area contributed by atoms with Crippen molar-refractivity contribution in [2.24, 2.45) is 5.41 Å². The number of amides is 1. The van der Waals surface area contributed by atoms with Crippen LogP contribution < -0.4 is 0 Å². The van der Waals surface area contributed by atoms with Gasteiger partial charge in [0.05, 0.1) is 12.2 Å². The second kappa shape index (κ2) is 5.47. The van der Waals surface area contributed by atoms with E-state index in [1.807, 2.05) is 6.92 Å². The molecule has 1 aromatic heterocycles. The normalized spacial score (nSPS) is 30.0. The van der Waals surface area contributed by atoms with Crippen molar-refractivity contribution in [2.75, 3.05) is 6.61 Å². The molecule has 2 aliphatic heterocycles. The molecule has 0 aliphatic carbocycles. The number of rotatable bonds is 3. The van der Waals surface area contributed by atoms with Gasteiger partial charge in [0, 0.05) is 23.7 Å². The van der Waals surface area contributed by atoms with Crippen molar-refractivity contribution in [3.8, 4) is 0 Å². The predicted octanol–water partition coefficient (Wildman–Crippen LogP) is 2.87. The highest BCUT2D eigenvalue weighted by atomic mass is 19.4. The number of halogens is 3. The number of carbonyl (C=O) groups excluding carboxylic acids is 1. The monoisotopic (exact) mass is 328 g/mol. The molecule has 126 valence electrons. The SMILES string of the molecule is CC[C@@]1(CO)C[C@@H]2CC[C@H]1N2C(=O)c1ccc(C(F)(F)F)nc1. The van der Waals surface area contributed by atoms with E-state index in [-0.39, 0.29) is 35.6 Å². The topological polar surface area (TPSA) is 53.4 Å². The molecule has 2 saturated heterocycles. The second-order valence-electron chi connectivity index (χ2n) is 6.47. The van der Waals surface area contributed by atoms with Crippen molar-refractivity contribution in [3.63, 3.8) is 0 Å². The highest BCUT2D eigenvalue weighted by molar-refractivity contribution is 5.95. The lowest BCUT2D eigenvalue weighted by Gasteiger charge is -2.34. The molecule has 3 atom stereocenters. The first-order valence-electron chi connectivity index (χ1n) is 7.79. The zero-order valence-electron chi connectivity index (χ0n) is 12.8. The van der Waals surface area contributed by atoms with Crippen molar-refractivity contribution >= 4 is 5.91 Å².